The summed E-state index contributed by atoms with van der Waals surface area (Å²) in [6, 6.07) is 12.4. The zero-order valence-corrected chi connectivity index (χ0v) is 11.8. The second kappa shape index (κ2) is 5.71. The third-order valence-corrected chi connectivity index (χ3v) is 3.69. The van der Waals surface area contributed by atoms with Crippen LogP contribution in [-0.4, -0.2) is 11.5 Å². The minimum Gasteiger partial charge on any atom is -0.374 e. The van der Waals surface area contributed by atoms with E-state index in [0.29, 0.717) is 23.9 Å². The first-order chi connectivity index (χ1) is 10.1. The van der Waals surface area contributed by atoms with Crippen LogP contribution in [0.3, 0.4) is 0 Å². The van der Waals surface area contributed by atoms with Crippen LogP contribution in [0, 0.1) is 10.1 Å². The zero-order valence-electron chi connectivity index (χ0n) is 11.1. The van der Waals surface area contributed by atoms with Crippen molar-refractivity contribution in [1.29, 1.82) is 0 Å². The average Bonchev–Trinajstić information content (AvgIpc) is 2.49. The maximum atomic E-state index is 11.1. The molecule has 1 atom stereocenters. The van der Waals surface area contributed by atoms with E-state index in [2.05, 4.69) is 5.32 Å². The van der Waals surface area contributed by atoms with E-state index in [4.69, 9.17) is 16.3 Å². The Morgan fingerprint density at radius 2 is 2.10 bits per heavy atom. The number of nitrogens with zero attached hydrogens (tertiary/aromatic N) is 1. The lowest BCUT2D eigenvalue weighted by atomic mass is 9.99. The Morgan fingerprint density at radius 3 is 2.90 bits per heavy atom. The number of nitrogens with one attached hydrogen (secondary N) is 1. The van der Waals surface area contributed by atoms with E-state index in [1.54, 1.807) is 12.1 Å². The molecule has 3 rings (SSSR count). The number of halogens is 1. The molecule has 0 aromatic heterocycles. The van der Waals surface area contributed by atoms with E-state index in [1.807, 2.05) is 24.3 Å². The molecule has 5 nitrogen and oxygen atoms in total. The standard InChI is InChI=1S/C15H13ClN2O3/c16-11-5-6-13(15(7-11)18(19)20)17-14-9-21-8-10-3-1-2-4-12(10)14/h1-7,14,17H,8-9H2. The van der Waals surface area contributed by atoms with Crippen LogP contribution in [-0.2, 0) is 11.3 Å². The molecule has 21 heavy (non-hydrogen) atoms. The van der Waals surface area contributed by atoms with Crippen molar-refractivity contribution >= 4 is 23.0 Å². The van der Waals surface area contributed by atoms with Crippen LogP contribution < -0.4 is 5.32 Å². The molecule has 1 N–H and O–H groups in total. The van der Waals surface area contributed by atoms with E-state index in [0.717, 1.165) is 11.1 Å². The number of hydrogen-bond acceptors (Lipinski definition) is 4. The van der Waals surface area contributed by atoms with E-state index < -0.39 is 4.92 Å². The van der Waals surface area contributed by atoms with E-state index in [1.165, 1.54) is 6.07 Å². The van der Waals surface area contributed by atoms with E-state index in [-0.39, 0.29) is 11.7 Å². The summed E-state index contributed by atoms with van der Waals surface area (Å²) in [6.45, 7) is 1.04. The molecule has 1 unspecified atom stereocenters. The lowest BCUT2D eigenvalue weighted by Crippen LogP contribution is -2.23. The molecule has 0 amide bonds. The normalized spacial score (nSPS) is 17.1. The van der Waals surface area contributed by atoms with Crippen molar-refractivity contribution in [2.45, 2.75) is 12.6 Å². The Labute approximate surface area is 126 Å². The Balaban J connectivity index is 1.93. The van der Waals surface area contributed by atoms with Crippen molar-refractivity contribution in [3.05, 3.63) is 68.7 Å². The van der Waals surface area contributed by atoms with Gasteiger partial charge < -0.3 is 10.1 Å². The molecule has 0 spiro atoms. The summed E-state index contributed by atoms with van der Waals surface area (Å²) in [6.07, 6.45) is 0. The Hall–Kier alpha value is -2.11. The molecule has 0 fully saturated rings. The van der Waals surface area contributed by atoms with Crippen molar-refractivity contribution in [1.82, 2.24) is 0 Å². The lowest BCUT2D eigenvalue weighted by molar-refractivity contribution is -0.384. The molecule has 0 bridgehead atoms. The molecule has 0 aliphatic carbocycles. The molecule has 2 aromatic carbocycles. The summed E-state index contributed by atoms with van der Waals surface area (Å²) in [5, 5.41) is 14.7. The van der Waals surface area contributed by atoms with Crippen molar-refractivity contribution < 1.29 is 9.66 Å². The number of rotatable bonds is 3. The summed E-state index contributed by atoms with van der Waals surface area (Å²) < 4.78 is 5.55. The largest absolute Gasteiger partial charge is 0.374 e. The predicted octanol–water partition coefficient (Wildman–Crippen LogP) is 3.93. The van der Waals surface area contributed by atoms with Crippen LogP contribution in [0.25, 0.3) is 0 Å². The number of hydrogen-bond donors (Lipinski definition) is 1. The van der Waals surface area contributed by atoms with Gasteiger partial charge in [-0.1, -0.05) is 35.9 Å². The molecule has 2 aromatic rings. The van der Waals surface area contributed by atoms with Crippen molar-refractivity contribution in [3.8, 4) is 0 Å². The SMILES string of the molecule is O=[N+]([O-])c1cc(Cl)ccc1NC1COCc2ccccc21. The number of benzene rings is 2. The monoisotopic (exact) mass is 304 g/mol. The van der Waals surface area contributed by atoms with Crippen molar-refractivity contribution in [3.63, 3.8) is 0 Å². The number of nitro benzene ring substituents is 1. The maximum Gasteiger partial charge on any atom is 0.293 e. The molecule has 0 saturated carbocycles. The molecule has 0 saturated heterocycles. The number of anilines is 1. The fourth-order valence-electron chi connectivity index (χ4n) is 2.47. The van der Waals surface area contributed by atoms with Gasteiger partial charge in [0.2, 0.25) is 0 Å². The third-order valence-electron chi connectivity index (χ3n) is 3.46. The quantitative estimate of drug-likeness (QED) is 0.689. The highest BCUT2D eigenvalue weighted by Crippen LogP contribution is 2.33. The summed E-state index contributed by atoms with van der Waals surface area (Å²) in [5.74, 6) is 0. The van der Waals surface area contributed by atoms with Gasteiger partial charge in [-0.15, -0.1) is 0 Å². The molecular weight excluding hydrogens is 292 g/mol. The van der Waals surface area contributed by atoms with Crippen LogP contribution >= 0.6 is 11.6 Å². The van der Waals surface area contributed by atoms with Crippen molar-refractivity contribution in [2.75, 3.05) is 11.9 Å². The molecule has 1 heterocycles. The van der Waals surface area contributed by atoms with Gasteiger partial charge in [0.25, 0.3) is 5.69 Å². The highest BCUT2D eigenvalue weighted by molar-refractivity contribution is 6.30. The van der Waals surface area contributed by atoms with Crippen LogP contribution in [0.4, 0.5) is 11.4 Å². The number of fused-ring (bicyclic) bond motifs is 1. The first-order valence-corrected chi connectivity index (χ1v) is 6.89. The Kier molecular flexibility index (Phi) is 3.77. The zero-order chi connectivity index (χ0) is 14.8. The van der Waals surface area contributed by atoms with Gasteiger partial charge in [-0.2, -0.15) is 0 Å². The minimum absolute atomic E-state index is 0.0365. The second-order valence-corrected chi connectivity index (χ2v) is 5.27. The minimum atomic E-state index is -0.441. The van der Waals surface area contributed by atoms with Gasteiger partial charge in [-0.3, -0.25) is 10.1 Å². The topological polar surface area (TPSA) is 64.4 Å². The molecule has 6 heteroatoms. The third kappa shape index (κ3) is 2.84. The highest BCUT2D eigenvalue weighted by atomic mass is 35.5. The van der Waals surface area contributed by atoms with Gasteiger partial charge in [-0.05, 0) is 23.3 Å². The van der Waals surface area contributed by atoms with Gasteiger partial charge in [-0.25, -0.2) is 0 Å². The Bertz CT molecular complexity index is 690. The Morgan fingerprint density at radius 1 is 1.29 bits per heavy atom. The van der Waals surface area contributed by atoms with Crippen LogP contribution in [0.5, 0.6) is 0 Å². The van der Waals surface area contributed by atoms with Gasteiger partial charge in [0.15, 0.2) is 0 Å². The average molecular weight is 305 g/mol. The van der Waals surface area contributed by atoms with Gasteiger partial charge in [0.05, 0.1) is 24.2 Å². The van der Waals surface area contributed by atoms with Crippen molar-refractivity contribution in [2.24, 2.45) is 0 Å². The maximum absolute atomic E-state index is 11.1. The number of nitro groups is 1. The molecule has 0 radical (unpaired) electrons. The molecule has 1 aliphatic rings. The molecular formula is C15H13ClN2O3. The van der Waals surface area contributed by atoms with Gasteiger partial charge in [0.1, 0.15) is 5.69 Å². The smallest absolute Gasteiger partial charge is 0.293 e. The first-order valence-electron chi connectivity index (χ1n) is 6.51. The van der Waals surface area contributed by atoms with E-state index in [9.17, 15) is 10.1 Å². The van der Waals surface area contributed by atoms with Gasteiger partial charge >= 0.3 is 0 Å². The summed E-state index contributed by atoms with van der Waals surface area (Å²) in [5.41, 5.74) is 2.60. The fraction of sp³-hybridized carbons (Fsp3) is 0.200. The summed E-state index contributed by atoms with van der Waals surface area (Å²) in [7, 11) is 0. The highest BCUT2D eigenvalue weighted by Gasteiger charge is 2.23. The summed E-state index contributed by atoms with van der Waals surface area (Å²) >= 11 is 5.83. The number of ether oxygens (including phenoxy) is 1. The van der Waals surface area contributed by atoms with Gasteiger partial charge in [0, 0.05) is 11.1 Å². The van der Waals surface area contributed by atoms with Crippen LogP contribution in [0.2, 0.25) is 5.02 Å². The predicted molar refractivity (Wildman–Crippen MR) is 80.6 cm³/mol. The summed E-state index contributed by atoms with van der Waals surface area (Å²) in [4.78, 5) is 10.7. The molecule has 1 aliphatic heterocycles. The van der Waals surface area contributed by atoms with Crippen LogP contribution in [0.15, 0.2) is 42.5 Å². The fourth-order valence-corrected chi connectivity index (χ4v) is 2.63. The van der Waals surface area contributed by atoms with Crippen LogP contribution in [0.1, 0.15) is 17.2 Å². The lowest BCUT2D eigenvalue weighted by Gasteiger charge is -2.27. The second-order valence-electron chi connectivity index (χ2n) is 4.83. The van der Waals surface area contributed by atoms with E-state index >= 15 is 0 Å². The first kappa shape index (κ1) is 13.9. The molecule has 108 valence electrons.